The molecule has 72 heavy (non-hydrogen) atoms. The monoisotopic (exact) mass is 1000 g/mol. The van der Waals surface area contributed by atoms with E-state index >= 15 is 0 Å². The summed E-state index contributed by atoms with van der Waals surface area (Å²) in [6, 6.07) is 35.6. The summed E-state index contributed by atoms with van der Waals surface area (Å²) in [5.74, 6) is 4.55. The number of hydrogen-bond donors (Lipinski definition) is 0. The lowest BCUT2D eigenvalue weighted by Crippen LogP contribution is -2.19. The second kappa shape index (κ2) is 18.4. The maximum absolute atomic E-state index is 7.35. The zero-order valence-corrected chi connectivity index (χ0v) is 48.2. The largest absolute Gasteiger partial charge is 0.530 e. The fraction of sp³-hybridized carbons (Fsp3) is 0.438. The van der Waals surface area contributed by atoms with Crippen LogP contribution in [0.1, 0.15) is 203 Å². The van der Waals surface area contributed by atoms with Crippen LogP contribution in [0.3, 0.4) is 0 Å². The molecule has 4 heterocycles. The first-order valence-electron chi connectivity index (χ1n) is 25.9. The van der Waals surface area contributed by atoms with Crippen LogP contribution in [0.4, 0.5) is 0 Å². The van der Waals surface area contributed by atoms with Crippen LogP contribution in [0, 0.1) is 0 Å². The maximum atomic E-state index is 7.35. The van der Waals surface area contributed by atoms with Crippen molar-refractivity contribution >= 4 is 17.2 Å². The normalized spacial score (nSPS) is 15.5. The molecule has 0 unspecified atom stereocenters. The van der Waals surface area contributed by atoms with E-state index in [1.165, 1.54) is 33.4 Å². The molecule has 0 saturated heterocycles. The fourth-order valence-corrected chi connectivity index (χ4v) is 12.0. The second-order valence-electron chi connectivity index (χ2n) is 26.7. The molecule has 0 saturated carbocycles. The highest BCUT2D eigenvalue weighted by Gasteiger charge is 2.37. The predicted octanol–water partition coefficient (Wildman–Crippen LogP) is 18.3. The van der Waals surface area contributed by atoms with Crippen LogP contribution >= 0.6 is 17.2 Å². The van der Waals surface area contributed by atoms with Crippen LogP contribution in [0.5, 0.6) is 34.5 Å². The van der Waals surface area contributed by atoms with Crippen LogP contribution < -0.4 is 27.1 Å². The van der Waals surface area contributed by atoms with Gasteiger partial charge >= 0.3 is 17.2 Å². The summed E-state index contributed by atoms with van der Waals surface area (Å²) in [5, 5.41) is 0. The molecule has 0 fully saturated rings. The first-order chi connectivity index (χ1) is 33.4. The standard InChI is InChI=1S/C64H78O6P2/c1-59(2,3)47-19-23-53(24-20-47)65-71-67-55-39-27-40-32-50(62(10,11)12)36-44(56(40)68-71)30-46-38-52(64(16,17)18)34-42-28-41-33-51(63(13,14)15)37-45(29-43(55)35-49(31-39)61(7,8)9)57(41)69-72(70-58(42)46)66-54-25-21-48(22-26-54)60(4,5)6/h19-26,31-38H,27-30H2,1-18H3. The minimum atomic E-state index is -2.03. The Morgan fingerprint density at radius 2 is 0.458 bits per heavy atom. The topological polar surface area (TPSA) is 55.4 Å². The lowest BCUT2D eigenvalue weighted by molar-refractivity contribution is 0.374. The van der Waals surface area contributed by atoms with Gasteiger partial charge in [-0.2, -0.15) is 0 Å². The Kier molecular flexibility index (Phi) is 13.3. The van der Waals surface area contributed by atoms with Crippen LogP contribution in [-0.2, 0) is 58.2 Å². The number of rotatable bonds is 4. The summed E-state index contributed by atoms with van der Waals surface area (Å²) < 4.78 is 43.3. The van der Waals surface area contributed by atoms with Gasteiger partial charge in [0.05, 0.1) is 0 Å². The van der Waals surface area contributed by atoms with Crippen LogP contribution in [-0.4, -0.2) is 0 Å². The highest BCUT2D eigenvalue weighted by molar-refractivity contribution is 7.43. The molecular weight excluding hydrogens is 927 g/mol. The van der Waals surface area contributed by atoms with Crippen molar-refractivity contribution in [1.82, 2.24) is 0 Å². The molecule has 1 aliphatic carbocycles. The zero-order valence-electron chi connectivity index (χ0n) is 46.4. The fourth-order valence-electron chi connectivity index (χ4n) is 9.70. The minimum absolute atomic E-state index is 0.0100. The Labute approximate surface area is 434 Å². The minimum Gasteiger partial charge on any atom is -0.409 e. The molecule has 0 radical (unpaired) electrons. The highest BCUT2D eigenvalue weighted by Crippen LogP contribution is 2.55. The quantitative estimate of drug-likeness (QED) is 0.164. The summed E-state index contributed by atoms with van der Waals surface area (Å²) in [4.78, 5) is 0. The van der Waals surface area contributed by atoms with Crippen molar-refractivity contribution in [3.8, 4) is 34.5 Å². The van der Waals surface area contributed by atoms with E-state index in [1.807, 2.05) is 24.3 Å². The molecule has 0 N–H and O–H groups in total. The van der Waals surface area contributed by atoms with Crippen molar-refractivity contribution in [2.45, 2.75) is 183 Å². The first-order valence-corrected chi connectivity index (χ1v) is 28.1. The highest BCUT2D eigenvalue weighted by atomic mass is 31.2. The Bertz CT molecular complexity index is 2670. The average Bonchev–Trinajstić information content (AvgIpc) is 3.23. The molecule has 6 aromatic rings. The van der Waals surface area contributed by atoms with Gasteiger partial charge in [0, 0.05) is 25.7 Å². The molecule has 5 aliphatic rings. The van der Waals surface area contributed by atoms with E-state index in [2.05, 4.69) is 197 Å². The van der Waals surface area contributed by atoms with E-state index in [-0.39, 0.29) is 32.5 Å². The van der Waals surface area contributed by atoms with Gasteiger partial charge in [-0.15, -0.1) is 0 Å². The molecule has 12 bridgehead atoms. The number of benzene rings is 6. The molecule has 0 spiro atoms. The molecule has 0 amide bonds. The van der Waals surface area contributed by atoms with Crippen LogP contribution in [0.15, 0.2) is 97.1 Å². The number of hydrogen-bond acceptors (Lipinski definition) is 6. The van der Waals surface area contributed by atoms with Gasteiger partial charge in [0.25, 0.3) is 0 Å². The van der Waals surface area contributed by atoms with E-state index < -0.39 is 17.2 Å². The Morgan fingerprint density at radius 1 is 0.278 bits per heavy atom. The molecule has 11 rings (SSSR count). The molecule has 6 aromatic carbocycles. The first kappa shape index (κ1) is 51.9. The maximum Gasteiger partial charge on any atom is 0.530 e. The Hall–Kier alpha value is -5.02. The summed E-state index contributed by atoms with van der Waals surface area (Å²) in [6.07, 6.45) is 2.27. The van der Waals surface area contributed by atoms with E-state index in [0.29, 0.717) is 37.2 Å². The molecule has 8 heteroatoms. The van der Waals surface area contributed by atoms with E-state index in [4.69, 9.17) is 27.1 Å². The van der Waals surface area contributed by atoms with Gasteiger partial charge < -0.3 is 27.1 Å². The molecule has 6 nitrogen and oxygen atoms in total. The van der Waals surface area contributed by atoms with Crippen LogP contribution in [0.2, 0.25) is 0 Å². The van der Waals surface area contributed by atoms with E-state index in [1.54, 1.807) is 0 Å². The average molecular weight is 1010 g/mol. The molecule has 0 atom stereocenters. The summed E-state index contributed by atoms with van der Waals surface area (Å²) >= 11 is 0. The van der Waals surface area contributed by atoms with Crippen molar-refractivity contribution in [2.24, 2.45) is 0 Å². The third-order valence-electron chi connectivity index (χ3n) is 14.4. The van der Waals surface area contributed by atoms with Gasteiger partial charge in [-0.25, -0.2) is 0 Å². The van der Waals surface area contributed by atoms with Gasteiger partial charge in [0.2, 0.25) is 0 Å². The number of fused-ring (bicyclic) bond motifs is 4. The summed E-state index contributed by atoms with van der Waals surface area (Å²) in [7, 11) is -4.07. The summed E-state index contributed by atoms with van der Waals surface area (Å²) in [6.45, 7) is 40.9. The van der Waals surface area contributed by atoms with Crippen LogP contribution in [0.25, 0.3) is 0 Å². The Morgan fingerprint density at radius 3 is 0.625 bits per heavy atom. The summed E-state index contributed by atoms with van der Waals surface area (Å²) in [5.41, 5.74) is 15.3. The lowest BCUT2D eigenvalue weighted by atomic mass is 9.79. The molecule has 4 aliphatic heterocycles. The lowest BCUT2D eigenvalue weighted by Gasteiger charge is -2.33. The smallest absolute Gasteiger partial charge is 0.409 e. The Balaban J connectivity index is 1.36. The second-order valence-corrected chi connectivity index (χ2v) is 28.7. The third kappa shape index (κ3) is 11.1. The predicted molar refractivity (Wildman–Crippen MR) is 300 cm³/mol. The van der Waals surface area contributed by atoms with Crippen molar-refractivity contribution in [1.29, 1.82) is 0 Å². The van der Waals surface area contributed by atoms with Crippen molar-refractivity contribution < 1.29 is 27.1 Å². The van der Waals surface area contributed by atoms with Gasteiger partial charge in [0.1, 0.15) is 34.5 Å². The molecular formula is C64H78O6P2. The van der Waals surface area contributed by atoms with Gasteiger partial charge in [0.15, 0.2) is 0 Å². The third-order valence-corrected chi connectivity index (χ3v) is 16.5. The molecule has 0 aromatic heterocycles. The van der Waals surface area contributed by atoms with Gasteiger partial charge in [-0.3, -0.25) is 0 Å². The van der Waals surface area contributed by atoms with E-state index in [0.717, 1.165) is 67.5 Å². The van der Waals surface area contributed by atoms with Gasteiger partial charge in [-0.1, -0.05) is 197 Å². The van der Waals surface area contributed by atoms with Crippen molar-refractivity contribution in [3.05, 3.63) is 175 Å². The van der Waals surface area contributed by atoms with Crippen molar-refractivity contribution in [3.63, 3.8) is 0 Å². The van der Waals surface area contributed by atoms with E-state index in [9.17, 15) is 0 Å². The molecule has 380 valence electrons. The SMILES string of the molecule is CC(C)(C)c1ccc(OP2Oc3c4cc(C(C)(C)C)cc3Cc3cc(C(C)(C)C)cc5c3OP(Oc3ccc(C(C)(C)C)cc3)Oc3c(cc(C(C)(C)C)cc3Cc3cc(C(C)(C)C)cc(c3O2)C4)C5)cc1. The van der Waals surface area contributed by atoms with Crippen molar-refractivity contribution in [2.75, 3.05) is 0 Å². The zero-order chi connectivity index (χ0) is 52.1. The van der Waals surface area contributed by atoms with Gasteiger partial charge in [-0.05, 0) is 135 Å².